The fourth-order valence-electron chi connectivity index (χ4n) is 3.84. The second-order valence-electron chi connectivity index (χ2n) is 7.88. The number of rotatable bonds is 9. The maximum atomic E-state index is 14.0. The number of nitrogens with one attached hydrogen (secondary N) is 2. The molecule has 3 aromatic carbocycles. The van der Waals surface area contributed by atoms with Crippen LogP contribution in [0.1, 0.15) is 38.7 Å². The smallest absolute Gasteiger partial charge is 0.337 e. The third kappa shape index (κ3) is 5.28. The molecule has 184 valence electrons. The van der Waals surface area contributed by atoms with Gasteiger partial charge in [0.2, 0.25) is 0 Å². The van der Waals surface area contributed by atoms with Gasteiger partial charge in [-0.2, -0.15) is 0 Å². The minimum Gasteiger partial charge on any atom is -0.478 e. The summed E-state index contributed by atoms with van der Waals surface area (Å²) < 4.78 is 33.3. The van der Waals surface area contributed by atoms with E-state index >= 15 is 0 Å². The van der Waals surface area contributed by atoms with Crippen LogP contribution in [0, 0.1) is 11.6 Å². The van der Waals surface area contributed by atoms with Gasteiger partial charge in [0.25, 0.3) is 5.91 Å². The quantitative estimate of drug-likeness (QED) is 0.300. The Morgan fingerprint density at radius 3 is 2.47 bits per heavy atom. The highest BCUT2D eigenvalue weighted by Crippen LogP contribution is 2.29. The number of aromatic carboxylic acids is 1. The molecular formula is C26H22F2N4O4. The largest absolute Gasteiger partial charge is 0.478 e. The van der Waals surface area contributed by atoms with E-state index in [1.54, 1.807) is 37.4 Å². The summed E-state index contributed by atoms with van der Waals surface area (Å²) in [5.74, 6) is -3.51. The first-order valence-corrected chi connectivity index (χ1v) is 11.0. The van der Waals surface area contributed by atoms with Crippen molar-refractivity contribution in [1.82, 2.24) is 9.97 Å². The lowest BCUT2D eigenvalue weighted by Gasteiger charge is -2.21. The summed E-state index contributed by atoms with van der Waals surface area (Å²) in [7, 11) is 1.57. The van der Waals surface area contributed by atoms with Crippen molar-refractivity contribution in [2.75, 3.05) is 24.4 Å². The number of amides is 1. The van der Waals surface area contributed by atoms with Crippen LogP contribution in [-0.4, -0.2) is 40.7 Å². The molecule has 0 aliphatic heterocycles. The molecule has 0 aliphatic carbocycles. The summed E-state index contributed by atoms with van der Waals surface area (Å²) in [6.07, 6.45) is 1.78. The summed E-state index contributed by atoms with van der Waals surface area (Å²) in [4.78, 5) is 32.6. The maximum absolute atomic E-state index is 14.0. The number of carboxylic acids is 1. The van der Waals surface area contributed by atoms with Crippen LogP contribution < -0.4 is 10.6 Å². The number of methoxy groups -OCH3 is 1. The van der Waals surface area contributed by atoms with E-state index < -0.39 is 29.1 Å². The molecule has 0 saturated carbocycles. The normalized spacial score (nSPS) is 11.8. The van der Waals surface area contributed by atoms with Gasteiger partial charge in [-0.15, -0.1) is 0 Å². The van der Waals surface area contributed by atoms with Crippen molar-refractivity contribution in [3.8, 4) is 0 Å². The highest BCUT2D eigenvalue weighted by Gasteiger charge is 2.19. The third-order valence-electron chi connectivity index (χ3n) is 5.55. The summed E-state index contributed by atoms with van der Waals surface area (Å²) in [5.41, 5.74) is 0.751. The molecule has 1 unspecified atom stereocenters. The van der Waals surface area contributed by atoms with Crippen LogP contribution in [0.4, 0.5) is 20.3 Å². The number of carboxylic acid groups (broad SMARTS) is 1. The molecule has 1 atom stereocenters. The fourth-order valence-corrected chi connectivity index (χ4v) is 3.84. The van der Waals surface area contributed by atoms with E-state index in [1.807, 2.05) is 6.07 Å². The molecular weight excluding hydrogens is 470 g/mol. The van der Waals surface area contributed by atoms with Crippen molar-refractivity contribution in [1.29, 1.82) is 0 Å². The average Bonchev–Trinajstić information content (AvgIpc) is 2.86. The maximum Gasteiger partial charge on any atom is 0.337 e. The van der Waals surface area contributed by atoms with Gasteiger partial charge in [0.05, 0.1) is 17.1 Å². The van der Waals surface area contributed by atoms with Crippen molar-refractivity contribution < 1.29 is 28.2 Å². The first kappa shape index (κ1) is 24.7. The van der Waals surface area contributed by atoms with Crippen molar-refractivity contribution >= 4 is 34.3 Å². The second kappa shape index (κ2) is 10.9. The lowest BCUT2D eigenvalue weighted by molar-refractivity contribution is 0.0698. The molecule has 0 spiro atoms. The zero-order valence-electron chi connectivity index (χ0n) is 19.2. The zero-order chi connectivity index (χ0) is 25.7. The standard InChI is InChI=1S/C26H22F2N4O4/c1-36-12-11-21(32-24-17-7-3-8-18(26(34)35)23(17)29-14-30-24)15-5-2-6-16(13-15)31-25(33)22-19(27)9-4-10-20(22)28/h2-10,13-14,21H,11-12H2,1H3,(H,31,33)(H,34,35)(H,29,30,32). The van der Waals surface area contributed by atoms with E-state index in [1.165, 1.54) is 18.5 Å². The average molecular weight is 492 g/mol. The Kier molecular flexibility index (Phi) is 7.45. The molecule has 1 heterocycles. The van der Waals surface area contributed by atoms with Gasteiger partial charge in [-0.25, -0.2) is 23.5 Å². The zero-order valence-corrected chi connectivity index (χ0v) is 19.2. The van der Waals surface area contributed by atoms with Crippen LogP contribution >= 0.6 is 0 Å². The van der Waals surface area contributed by atoms with E-state index in [0.29, 0.717) is 35.4 Å². The second-order valence-corrected chi connectivity index (χ2v) is 7.88. The fraction of sp³-hybridized carbons (Fsp3) is 0.154. The molecule has 1 amide bonds. The molecule has 0 saturated heterocycles. The Balaban J connectivity index is 1.65. The van der Waals surface area contributed by atoms with Crippen LogP contribution in [0.25, 0.3) is 10.9 Å². The minimum absolute atomic E-state index is 0.0523. The van der Waals surface area contributed by atoms with Gasteiger partial charge >= 0.3 is 5.97 Å². The number of nitrogens with zero attached hydrogens (tertiary/aromatic N) is 2. The van der Waals surface area contributed by atoms with Crippen LogP contribution in [-0.2, 0) is 4.74 Å². The summed E-state index contributed by atoms with van der Waals surface area (Å²) in [6, 6.07) is 14.4. The number of carbonyl (C=O) groups is 2. The van der Waals surface area contributed by atoms with E-state index in [0.717, 1.165) is 17.7 Å². The van der Waals surface area contributed by atoms with Crippen molar-refractivity contribution in [2.45, 2.75) is 12.5 Å². The lowest BCUT2D eigenvalue weighted by Crippen LogP contribution is -2.17. The van der Waals surface area contributed by atoms with Gasteiger partial charge in [0.15, 0.2) is 0 Å². The molecule has 0 aliphatic rings. The third-order valence-corrected chi connectivity index (χ3v) is 5.55. The highest BCUT2D eigenvalue weighted by molar-refractivity contribution is 6.05. The number of benzene rings is 3. The Labute approximate surface area is 205 Å². The highest BCUT2D eigenvalue weighted by atomic mass is 19.1. The van der Waals surface area contributed by atoms with Crippen molar-refractivity contribution in [3.63, 3.8) is 0 Å². The van der Waals surface area contributed by atoms with Crippen LogP contribution in [0.2, 0.25) is 0 Å². The molecule has 3 N–H and O–H groups in total. The van der Waals surface area contributed by atoms with E-state index in [4.69, 9.17) is 4.74 Å². The first-order valence-electron chi connectivity index (χ1n) is 11.0. The van der Waals surface area contributed by atoms with Gasteiger partial charge in [0.1, 0.15) is 29.3 Å². The number of halogens is 2. The number of anilines is 2. The van der Waals surface area contributed by atoms with Gasteiger partial charge < -0.3 is 20.5 Å². The SMILES string of the molecule is COCCC(Nc1ncnc2c(C(=O)O)cccc12)c1cccc(NC(=O)c2c(F)cccc2F)c1. The van der Waals surface area contributed by atoms with Crippen molar-refractivity contribution in [3.05, 3.63) is 95.3 Å². The lowest BCUT2D eigenvalue weighted by atomic mass is 10.0. The minimum atomic E-state index is -1.10. The number of fused-ring (bicyclic) bond motifs is 1. The number of aromatic nitrogens is 2. The Morgan fingerprint density at radius 2 is 1.75 bits per heavy atom. The Hall–Kier alpha value is -4.44. The summed E-state index contributed by atoms with van der Waals surface area (Å²) in [6.45, 7) is 0.387. The topological polar surface area (TPSA) is 113 Å². The predicted octanol–water partition coefficient (Wildman–Crippen LogP) is 5.05. The van der Waals surface area contributed by atoms with Gasteiger partial charge in [0, 0.05) is 24.8 Å². The number of hydrogen-bond acceptors (Lipinski definition) is 6. The van der Waals surface area contributed by atoms with Gasteiger partial charge in [-0.1, -0.05) is 24.3 Å². The molecule has 10 heteroatoms. The molecule has 0 radical (unpaired) electrons. The van der Waals surface area contributed by atoms with Gasteiger partial charge in [-0.3, -0.25) is 4.79 Å². The van der Waals surface area contributed by atoms with E-state index in [-0.39, 0.29) is 11.6 Å². The molecule has 4 aromatic rings. The molecule has 0 fully saturated rings. The van der Waals surface area contributed by atoms with Crippen molar-refractivity contribution in [2.24, 2.45) is 0 Å². The predicted molar refractivity (Wildman–Crippen MR) is 130 cm³/mol. The van der Waals surface area contributed by atoms with E-state index in [2.05, 4.69) is 20.6 Å². The molecule has 1 aromatic heterocycles. The number of ether oxygens (including phenoxy) is 1. The van der Waals surface area contributed by atoms with Crippen LogP contribution in [0.5, 0.6) is 0 Å². The summed E-state index contributed by atoms with van der Waals surface area (Å²) >= 11 is 0. The first-order chi connectivity index (χ1) is 17.4. The van der Waals surface area contributed by atoms with Crippen LogP contribution in [0.15, 0.2) is 67.0 Å². The van der Waals surface area contributed by atoms with Gasteiger partial charge in [-0.05, 0) is 48.4 Å². The molecule has 36 heavy (non-hydrogen) atoms. The molecule has 8 nitrogen and oxygen atoms in total. The van der Waals surface area contributed by atoms with Crippen LogP contribution in [0.3, 0.4) is 0 Å². The monoisotopic (exact) mass is 492 g/mol. The molecule has 0 bridgehead atoms. The number of hydrogen-bond donors (Lipinski definition) is 3. The summed E-state index contributed by atoms with van der Waals surface area (Å²) in [5, 5.41) is 15.9. The number of carbonyl (C=O) groups excluding carboxylic acids is 1. The van der Waals surface area contributed by atoms with E-state index in [9.17, 15) is 23.5 Å². The Bertz CT molecular complexity index is 1410. The molecule has 4 rings (SSSR count). The Morgan fingerprint density at radius 1 is 1.03 bits per heavy atom. The number of para-hydroxylation sites is 1.